The molecule has 1 aromatic rings. The van der Waals surface area contributed by atoms with Crippen LogP contribution < -0.4 is 5.73 Å². The van der Waals surface area contributed by atoms with E-state index in [1.165, 1.54) is 6.33 Å². The van der Waals surface area contributed by atoms with Gasteiger partial charge in [-0.15, -0.1) is 0 Å². The van der Waals surface area contributed by atoms with E-state index in [2.05, 4.69) is 10.1 Å². The highest BCUT2D eigenvalue weighted by molar-refractivity contribution is 4.90. The first-order valence-electron chi connectivity index (χ1n) is 3.35. The molecule has 0 aliphatic rings. The maximum absolute atomic E-state index is 5.72. The highest BCUT2D eigenvalue weighted by Crippen LogP contribution is 2.07. The Labute approximate surface area is 60.1 Å². The van der Waals surface area contributed by atoms with Crippen LogP contribution in [0.2, 0.25) is 0 Å². The number of hydrogen-bond donors (Lipinski definition) is 1. The van der Waals surface area contributed by atoms with Crippen LogP contribution in [0.25, 0.3) is 0 Å². The van der Waals surface area contributed by atoms with E-state index in [-0.39, 0.29) is 6.04 Å². The minimum Gasteiger partial charge on any atom is -0.321 e. The topological polar surface area (TPSA) is 56.7 Å². The third-order valence-corrected chi connectivity index (χ3v) is 1.52. The average Bonchev–Trinajstić information content (AvgIpc) is 2.34. The molecule has 1 heterocycles. The number of aromatic nitrogens is 3. The van der Waals surface area contributed by atoms with Crippen LogP contribution in [0.15, 0.2) is 6.33 Å². The van der Waals surface area contributed by atoms with E-state index < -0.39 is 0 Å². The summed E-state index contributed by atoms with van der Waals surface area (Å²) in [6.07, 6.45) is 2.41. The first-order chi connectivity index (χ1) is 4.75. The number of rotatable bonds is 2. The lowest BCUT2D eigenvalue weighted by Gasteiger charge is -2.05. The van der Waals surface area contributed by atoms with E-state index in [4.69, 9.17) is 5.73 Å². The smallest absolute Gasteiger partial charge is 0.143 e. The van der Waals surface area contributed by atoms with Crippen LogP contribution in [-0.4, -0.2) is 14.8 Å². The molecule has 0 radical (unpaired) electrons. The molecule has 4 nitrogen and oxygen atoms in total. The van der Waals surface area contributed by atoms with Gasteiger partial charge in [0.2, 0.25) is 0 Å². The lowest BCUT2D eigenvalue weighted by Crippen LogP contribution is -2.14. The zero-order valence-corrected chi connectivity index (χ0v) is 6.28. The molecule has 1 atom stereocenters. The van der Waals surface area contributed by atoms with Gasteiger partial charge in [-0.25, -0.2) is 4.98 Å². The predicted octanol–water partition coefficient (Wildman–Crippen LogP) is 0.225. The summed E-state index contributed by atoms with van der Waals surface area (Å²) in [6, 6.07) is 0.0208. The van der Waals surface area contributed by atoms with E-state index in [1.807, 2.05) is 14.0 Å². The molecule has 0 saturated carbocycles. The maximum atomic E-state index is 5.72. The fourth-order valence-electron chi connectivity index (χ4n) is 0.823. The van der Waals surface area contributed by atoms with Crippen LogP contribution in [0.1, 0.15) is 25.2 Å². The van der Waals surface area contributed by atoms with E-state index in [0.29, 0.717) is 0 Å². The lowest BCUT2D eigenvalue weighted by molar-refractivity contribution is 0.590. The van der Waals surface area contributed by atoms with E-state index >= 15 is 0 Å². The summed E-state index contributed by atoms with van der Waals surface area (Å²) in [5, 5.41) is 3.91. The molecule has 0 unspecified atom stereocenters. The van der Waals surface area contributed by atoms with E-state index in [0.717, 1.165) is 12.2 Å². The molecule has 0 amide bonds. The van der Waals surface area contributed by atoms with Gasteiger partial charge in [0.15, 0.2) is 0 Å². The molecule has 1 rings (SSSR count). The minimum absolute atomic E-state index is 0.0208. The van der Waals surface area contributed by atoms with Crippen LogP contribution in [0.4, 0.5) is 0 Å². The Balaban J connectivity index is 2.82. The van der Waals surface area contributed by atoms with Gasteiger partial charge >= 0.3 is 0 Å². The fourth-order valence-corrected chi connectivity index (χ4v) is 0.823. The van der Waals surface area contributed by atoms with Gasteiger partial charge < -0.3 is 5.73 Å². The number of nitrogens with zero attached hydrogens (tertiary/aromatic N) is 3. The second-order valence-corrected chi connectivity index (χ2v) is 2.26. The zero-order chi connectivity index (χ0) is 7.56. The molecule has 1 aromatic heterocycles. The first-order valence-corrected chi connectivity index (χ1v) is 3.35. The van der Waals surface area contributed by atoms with Gasteiger partial charge in [-0.1, -0.05) is 6.92 Å². The molecule has 56 valence electrons. The van der Waals surface area contributed by atoms with Crippen molar-refractivity contribution in [3.05, 3.63) is 12.2 Å². The molecule has 0 fully saturated rings. The van der Waals surface area contributed by atoms with Crippen molar-refractivity contribution >= 4 is 0 Å². The Kier molecular flexibility index (Phi) is 2.01. The molecule has 10 heavy (non-hydrogen) atoms. The summed E-state index contributed by atoms with van der Waals surface area (Å²) in [5.74, 6) is 0.850. The molecular weight excluding hydrogens is 128 g/mol. The van der Waals surface area contributed by atoms with Gasteiger partial charge in [0.05, 0.1) is 6.04 Å². The zero-order valence-electron chi connectivity index (χ0n) is 6.28. The van der Waals surface area contributed by atoms with Gasteiger partial charge in [0.25, 0.3) is 0 Å². The van der Waals surface area contributed by atoms with Crippen molar-refractivity contribution in [3.63, 3.8) is 0 Å². The van der Waals surface area contributed by atoms with Crippen molar-refractivity contribution in [2.24, 2.45) is 12.8 Å². The third-order valence-electron chi connectivity index (χ3n) is 1.52. The van der Waals surface area contributed by atoms with Gasteiger partial charge in [0, 0.05) is 7.05 Å². The lowest BCUT2D eigenvalue weighted by atomic mass is 10.2. The summed E-state index contributed by atoms with van der Waals surface area (Å²) in [7, 11) is 1.85. The molecule has 0 aliphatic carbocycles. The summed E-state index contributed by atoms with van der Waals surface area (Å²) >= 11 is 0. The molecule has 0 bridgehead atoms. The van der Waals surface area contributed by atoms with Crippen LogP contribution in [-0.2, 0) is 7.05 Å². The van der Waals surface area contributed by atoms with Crippen molar-refractivity contribution in [2.75, 3.05) is 0 Å². The molecule has 0 aromatic carbocycles. The SMILES string of the molecule is CC[C@H](N)c1ncnn1C. The number of hydrogen-bond acceptors (Lipinski definition) is 3. The summed E-state index contributed by atoms with van der Waals surface area (Å²) in [5.41, 5.74) is 5.72. The Morgan fingerprint density at radius 3 is 2.90 bits per heavy atom. The van der Waals surface area contributed by atoms with Crippen LogP contribution in [0.5, 0.6) is 0 Å². The second kappa shape index (κ2) is 2.79. The normalized spacial score (nSPS) is 13.5. The molecule has 0 saturated heterocycles. The molecular formula is C6H12N4. The van der Waals surface area contributed by atoms with Crippen LogP contribution in [0.3, 0.4) is 0 Å². The Bertz CT molecular complexity index is 205. The van der Waals surface area contributed by atoms with Gasteiger partial charge in [-0.2, -0.15) is 5.10 Å². The maximum Gasteiger partial charge on any atom is 0.143 e. The first kappa shape index (κ1) is 7.21. The average molecular weight is 140 g/mol. The minimum atomic E-state index is 0.0208. The Hall–Kier alpha value is -0.900. The van der Waals surface area contributed by atoms with Gasteiger partial charge in [-0.05, 0) is 6.42 Å². The van der Waals surface area contributed by atoms with Gasteiger partial charge in [0.1, 0.15) is 12.2 Å². The number of aryl methyl sites for hydroxylation is 1. The van der Waals surface area contributed by atoms with E-state index in [9.17, 15) is 0 Å². The van der Waals surface area contributed by atoms with Crippen molar-refractivity contribution in [1.82, 2.24) is 14.8 Å². The highest BCUT2D eigenvalue weighted by atomic mass is 15.3. The largest absolute Gasteiger partial charge is 0.321 e. The molecule has 4 heteroatoms. The van der Waals surface area contributed by atoms with Crippen LogP contribution in [0, 0.1) is 0 Å². The quantitative estimate of drug-likeness (QED) is 0.639. The fraction of sp³-hybridized carbons (Fsp3) is 0.667. The molecule has 0 spiro atoms. The number of nitrogens with two attached hydrogens (primary N) is 1. The molecule has 2 N–H and O–H groups in total. The third kappa shape index (κ3) is 1.16. The summed E-state index contributed by atoms with van der Waals surface area (Å²) < 4.78 is 1.70. The van der Waals surface area contributed by atoms with Crippen molar-refractivity contribution in [3.8, 4) is 0 Å². The van der Waals surface area contributed by atoms with Crippen molar-refractivity contribution < 1.29 is 0 Å². The van der Waals surface area contributed by atoms with Gasteiger partial charge in [-0.3, -0.25) is 4.68 Å². The van der Waals surface area contributed by atoms with E-state index in [1.54, 1.807) is 4.68 Å². The summed E-state index contributed by atoms with van der Waals surface area (Å²) in [6.45, 7) is 2.03. The second-order valence-electron chi connectivity index (χ2n) is 2.26. The monoisotopic (exact) mass is 140 g/mol. The van der Waals surface area contributed by atoms with Crippen molar-refractivity contribution in [1.29, 1.82) is 0 Å². The highest BCUT2D eigenvalue weighted by Gasteiger charge is 2.07. The predicted molar refractivity (Wildman–Crippen MR) is 38.2 cm³/mol. The standard InChI is InChI=1S/C6H12N4/c1-3-5(7)6-8-4-9-10(6)2/h4-5H,3,7H2,1-2H3/t5-/m0/s1. The molecule has 0 aliphatic heterocycles. The van der Waals surface area contributed by atoms with Crippen LogP contribution >= 0.6 is 0 Å². The Morgan fingerprint density at radius 2 is 2.50 bits per heavy atom. The summed E-state index contributed by atoms with van der Waals surface area (Å²) in [4.78, 5) is 4.01. The van der Waals surface area contributed by atoms with Crippen molar-refractivity contribution in [2.45, 2.75) is 19.4 Å². The Morgan fingerprint density at radius 1 is 1.80 bits per heavy atom.